The fraction of sp³-hybridized carbons (Fsp3) is 0.909. The molecule has 0 aromatic rings. The van der Waals surface area contributed by atoms with E-state index in [1.165, 1.54) is 12.8 Å². The van der Waals surface area contributed by atoms with Crippen LogP contribution in [0.5, 0.6) is 0 Å². The number of ether oxygens (including phenoxy) is 4. The number of rotatable bonds is 6. The van der Waals surface area contributed by atoms with Crippen LogP contribution in [0, 0.1) is 47.3 Å². The lowest BCUT2D eigenvalue weighted by Crippen LogP contribution is -2.41. The summed E-state index contributed by atoms with van der Waals surface area (Å²) in [6.07, 6.45) is 12.4. The van der Waals surface area contributed by atoms with E-state index in [0.29, 0.717) is 11.8 Å². The second-order valence-corrected chi connectivity index (χ2v) is 9.55. The average Bonchev–Trinajstić information content (AvgIpc) is 3.47. The first-order chi connectivity index (χ1) is 12.9. The van der Waals surface area contributed by atoms with Crippen LogP contribution in [0.1, 0.15) is 38.5 Å². The minimum absolute atomic E-state index is 0.0459. The maximum Gasteiger partial charge on any atom is 0.157 e. The fourth-order valence-corrected chi connectivity index (χ4v) is 7.58. The van der Waals surface area contributed by atoms with Gasteiger partial charge in [-0.25, -0.2) is 0 Å². The number of hydrogen-bond donors (Lipinski definition) is 0. The quantitative estimate of drug-likeness (QED) is 0.536. The predicted molar refractivity (Wildman–Crippen MR) is 96.1 cm³/mol. The van der Waals surface area contributed by atoms with Gasteiger partial charge in [0, 0.05) is 26.1 Å². The smallest absolute Gasteiger partial charge is 0.157 e. The van der Waals surface area contributed by atoms with Crippen LogP contribution < -0.4 is 0 Å². The van der Waals surface area contributed by atoms with Crippen molar-refractivity contribution in [2.75, 3.05) is 26.4 Å². The Morgan fingerprint density at radius 1 is 0.731 bits per heavy atom. The van der Waals surface area contributed by atoms with Gasteiger partial charge in [0.05, 0.1) is 13.2 Å². The molecule has 3 saturated carbocycles. The first-order valence-corrected chi connectivity index (χ1v) is 11.0. The van der Waals surface area contributed by atoms with Gasteiger partial charge in [-0.15, -0.1) is 0 Å². The van der Waals surface area contributed by atoms with Crippen LogP contribution in [-0.2, 0) is 18.9 Å². The summed E-state index contributed by atoms with van der Waals surface area (Å²) in [5.41, 5.74) is 0. The van der Waals surface area contributed by atoms with Crippen molar-refractivity contribution in [2.24, 2.45) is 47.3 Å². The van der Waals surface area contributed by atoms with Crippen LogP contribution in [0.3, 0.4) is 0 Å². The maximum absolute atomic E-state index is 6.24. The summed E-state index contributed by atoms with van der Waals surface area (Å²) >= 11 is 0. The van der Waals surface area contributed by atoms with Crippen molar-refractivity contribution in [1.29, 1.82) is 0 Å². The Bertz CT molecular complexity index is 504. The molecule has 6 aliphatic rings. The highest BCUT2D eigenvalue weighted by Crippen LogP contribution is 2.68. The van der Waals surface area contributed by atoms with Crippen LogP contribution in [0.4, 0.5) is 0 Å². The molecule has 4 bridgehead atoms. The van der Waals surface area contributed by atoms with Gasteiger partial charge >= 0.3 is 0 Å². The molecule has 6 rings (SSSR count). The van der Waals surface area contributed by atoms with E-state index in [1.807, 2.05) is 0 Å². The highest BCUT2D eigenvalue weighted by Gasteiger charge is 2.64. The molecule has 0 aromatic carbocycles. The van der Waals surface area contributed by atoms with Crippen LogP contribution in [0.25, 0.3) is 0 Å². The van der Waals surface area contributed by atoms with E-state index in [2.05, 4.69) is 12.2 Å². The van der Waals surface area contributed by atoms with Crippen molar-refractivity contribution in [1.82, 2.24) is 0 Å². The molecule has 144 valence electrons. The summed E-state index contributed by atoms with van der Waals surface area (Å²) in [7, 11) is 0. The standard InChI is InChI=1S/C22H32O4/c1-3-19(23-7-1)25-11-17-15-10-16(18(17)12-26-20-4-2-8-24-20)22-14-6-5-13(9-14)21(15)22/h5-6,13-22H,1-4,7-12H2. The van der Waals surface area contributed by atoms with E-state index in [1.54, 1.807) is 0 Å². The fourth-order valence-electron chi connectivity index (χ4n) is 7.58. The molecule has 0 N–H and O–H groups in total. The van der Waals surface area contributed by atoms with Gasteiger partial charge in [-0.1, -0.05) is 12.2 Å². The van der Waals surface area contributed by atoms with E-state index >= 15 is 0 Å². The van der Waals surface area contributed by atoms with Gasteiger partial charge in [0.2, 0.25) is 0 Å². The van der Waals surface area contributed by atoms with E-state index < -0.39 is 0 Å². The van der Waals surface area contributed by atoms with Gasteiger partial charge < -0.3 is 18.9 Å². The zero-order valence-corrected chi connectivity index (χ0v) is 15.6. The molecule has 4 heteroatoms. The van der Waals surface area contributed by atoms with Gasteiger partial charge in [-0.2, -0.15) is 0 Å². The Kier molecular flexibility index (Phi) is 4.18. The number of fused-ring (bicyclic) bond motifs is 9. The molecule has 10 unspecified atom stereocenters. The third kappa shape index (κ3) is 2.56. The molecule has 0 amide bonds. The first-order valence-electron chi connectivity index (χ1n) is 11.0. The second-order valence-electron chi connectivity index (χ2n) is 9.55. The van der Waals surface area contributed by atoms with E-state index in [0.717, 1.165) is 87.6 Å². The molecule has 0 aromatic heterocycles. The van der Waals surface area contributed by atoms with Crippen molar-refractivity contribution in [2.45, 2.75) is 51.1 Å². The third-order valence-corrected chi connectivity index (χ3v) is 8.49. The highest BCUT2D eigenvalue weighted by atomic mass is 16.7. The summed E-state index contributed by atoms with van der Waals surface area (Å²) in [6, 6.07) is 0. The Labute approximate surface area is 156 Å². The summed E-state index contributed by atoms with van der Waals surface area (Å²) in [5.74, 6) is 6.53. The molecule has 10 atom stereocenters. The van der Waals surface area contributed by atoms with Crippen molar-refractivity contribution in [3.8, 4) is 0 Å². The maximum atomic E-state index is 6.24. The van der Waals surface area contributed by atoms with Gasteiger partial charge in [0.15, 0.2) is 12.6 Å². The first kappa shape index (κ1) is 16.5. The normalized spacial score (nSPS) is 53.8. The van der Waals surface area contributed by atoms with Crippen molar-refractivity contribution < 1.29 is 18.9 Å². The summed E-state index contributed by atoms with van der Waals surface area (Å²) in [6.45, 7) is 3.48. The third-order valence-electron chi connectivity index (χ3n) is 8.49. The Morgan fingerprint density at radius 2 is 1.27 bits per heavy atom. The lowest BCUT2D eigenvalue weighted by molar-refractivity contribution is -0.154. The molecule has 2 aliphatic heterocycles. The largest absolute Gasteiger partial charge is 0.353 e. The molecule has 26 heavy (non-hydrogen) atoms. The lowest BCUT2D eigenvalue weighted by atomic mass is 9.65. The van der Waals surface area contributed by atoms with Crippen LogP contribution in [-0.4, -0.2) is 39.0 Å². The predicted octanol–water partition coefficient (Wildman–Crippen LogP) is 3.61. The molecule has 2 heterocycles. The topological polar surface area (TPSA) is 36.9 Å². The van der Waals surface area contributed by atoms with E-state index in [4.69, 9.17) is 18.9 Å². The Morgan fingerprint density at radius 3 is 1.73 bits per heavy atom. The van der Waals surface area contributed by atoms with Crippen LogP contribution in [0.2, 0.25) is 0 Å². The summed E-state index contributed by atoms with van der Waals surface area (Å²) in [4.78, 5) is 0. The second kappa shape index (κ2) is 6.58. The summed E-state index contributed by atoms with van der Waals surface area (Å²) in [5, 5.41) is 0. The molecule has 4 nitrogen and oxygen atoms in total. The van der Waals surface area contributed by atoms with Crippen LogP contribution in [0.15, 0.2) is 12.2 Å². The van der Waals surface area contributed by atoms with Crippen molar-refractivity contribution >= 4 is 0 Å². The molecular weight excluding hydrogens is 328 g/mol. The molecular formula is C22H32O4. The zero-order chi connectivity index (χ0) is 17.1. The minimum Gasteiger partial charge on any atom is -0.353 e. The van der Waals surface area contributed by atoms with E-state index in [-0.39, 0.29) is 12.6 Å². The van der Waals surface area contributed by atoms with Gasteiger partial charge in [0.25, 0.3) is 0 Å². The van der Waals surface area contributed by atoms with Crippen molar-refractivity contribution in [3.63, 3.8) is 0 Å². The van der Waals surface area contributed by atoms with Crippen LogP contribution >= 0.6 is 0 Å². The number of allylic oxidation sites excluding steroid dienone is 2. The van der Waals surface area contributed by atoms with Crippen molar-refractivity contribution in [3.05, 3.63) is 12.2 Å². The Balaban J connectivity index is 1.18. The van der Waals surface area contributed by atoms with Gasteiger partial charge in [-0.3, -0.25) is 0 Å². The molecule has 2 saturated heterocycles. The van der Waals surface area contributed by atoms with Gasteiger partial charge in [0.1, 0.15) is 0 Å². The average molecular weight is 360 g/mol. The monoisotopic (exact) mass is 360 g/mol. The zero-order valence-electron chi connectivity index (χ0n) is 15.6. The van der Waals surface area contributed by atoms with Gasteiger partial charge in [-0.05, 0) is 73.0 Å². The highest BCUT2D eigenvalue weighted by molar-refractivity contribution is 5.22. The van der Waals surface area contributed by atoms with E-state index in [9.17, 15) is 0 Å². The number of hydrogen-bond acceptors (Lipinski definition) is 4. The molecule has 4 aliphatic carbocycles. The Hall–Kier alpha value is -0.420. The SMILES string of the molecule is C1=CC2CC1C1C3CC(C(COC4CCCO4)C3COC3CCCO3)C21. The molecule has 0 radical (unpaired) electrons. The summed E-state index contributed by atoms with van der Waals surface area (Å²) < 4.78 is 23.9. The molecule has 5 fully saturated rings. The minimum atomic E-state index is 0.0459. The molecule has 0 spiro atoms. The lowest BCUT2D eigenvalue weighted by Gasteiger charge is -2.42.